The van der Waals surface area contributed by atoms with E-state index in [1.54, 1.807) is 12.1 Å². The molecule has 0 radical (unpaired) electrons. The van der Waals surface area contributed by atoms with Gasteiger partial charge in [-0.25, -0.2) is 0 Å². The van der Waals surface area contributed by atoms with E-state index >= 15 is 0 Å². The third-order valence-corrected chi connectivity index (χ3v) is 2.58. The molecular formula is C12H14N2O2+2. The lowest BCUT2D eigenvalue weighted by atomic mass is 10.1. The largest absolute Gasteiger partial charge is 0.335 e. The van der Waals surface area contributed by atoms with Gasteiger partial charge in [-0.3, -0.25) is 10.4 Å². The maximum atomic E-state index is 9.79. The summed E-state index contributed by atoms with van der Waals surface area (Å²) in [5.74, 6) is 0. The number of hydrogen-bond acceptors (Lipinski definition) is 2. The summed E-state index contributed by atoms with van der Waals surface area (Å²) < 4.78 is 2.04. The Morgan fingerprint density at radius 1 is 0.812 bits per heavy atom. The molecular weight excluding hydrogens is 204 g/mol. The molecule has 16 heavy (non-hydrogen) atoms. The number of hydrogen-bond donors (Lipinski definition) is 2. The van der Waals surface area contributed by atoms with Crippen molar-refractivity contribution in [2.75, 3.05) is 0 Å². The Kier molecular flexibility index (Phi) is 2.48. The van der Waals surface area contributed by atoms with Crippen LogP contribution in [0.3, 0.4) is 0 Å². The molecule has 0 bridgehead atoms. The fourth-order valence-corrected chi connectivity index (χ4v) is 1.80. The zero-order valence-electron chi connectivity index (χ0n) is 9.25. The molecule has 2 heterocycles. The molecule has 0 amide bonds. The maximum Gasteiger partial charge on any atom is 0.335 e. The van der Waals surface area contributed by atoms with Gasteiger partial charge in [0.25, 0.3) is 0 Å². The van der Waals surface area contributed by atoms with Crippen LogP contribution < -0.4 is 9.46 Å². The lowest BCUT2D eigenvalue weighted by molar-refractivity contribution is -0.919. The second-order valence-corrected chi connectivity index (χ2v) is 3.77. The summed E-state index contributed by atoms with van der Waals surface area (Å²) in [6.45, 7) is 3.77. The summed E-state index contributed by atoms with van der Waals surface area (Å²) in [7, 11) is 0. The smallest absolute Gasteiger partial charge is 0.284 e. The second-order valence-electron chi connectivity index (χ2n) is 3.77. The Labute approximate surface area is 93.6 Å². The average molecular weight is 218 g/mol. The SMILES string of the molecule is Cc1ccc[n+](O)c1-c1c(C)ccc[n+]1O. The van der Waals surface area contributed by atoms with Gasteiger partial charge in [-0.1, -0.05) is 0 Å². The molecule has 2 N–H and O–H groups in total. The van der Waals surface area contributed by atoms with Crippen molar-refractivity contribution in [3.05, 3.63) is 47.8 Å². The fraction of sp³-hybridized carbons (Fsp3) is 0.167. The minimum atomic E-state index is 0.586. The van der Waals surface area contributed by atoms with Crippen molar-refractivity contribution in [1.29, 1.82) is 0 Å². The summed E-state index contributed by atoms with van der Waals surface area (Å²) in [6.07, 6.45) is 3.07. The van der Waals surface area contributed by atoms with Gasteiger partial charge in [0.2, 0.25) is 12.4 Å². The van der Waals surface area contributed by atoms with Gasteiger partial charge in [-0.2, -0.15) is 0 Å². The summed E-state index contributed by atoms with van der Waals surface area (Å²) in [6, 6.07) is 7.26. The normalized spacial score (nSPS) is 10.4. The molecule has 2 aromatic rings. The van der Waals surface area contributed by atoms with Crippen LogP contribution in [-0.4, -0.2) is 10.4 Å². The molecule has 0 saturated heterocycles. The maximum absolute atomic E-state index is 9.79. The first-order valence-corrected chi connectivity index (χ1v) is 5.02. The molecule has 0 spiro atoms. The highest BCUT2D eigenvalue weighted by Gasteiger charge is 2.28. The number of aryl methyl sites for hydroxylation is 2. The first-order chi connectivity index (χ1) is 7.61. The summed E-state index contributed by atoms with van der Waals surface area (Å²) >= 11 is 0. The van der Waals surface area contributed by atoms with Crippen molar-refractivity contribution in [2.45, 2.75) is 13.8 Å². The van der Waals surface area contributed by atoms with Crippen molar-refractivity contribution in [1.82, 2.24) is 0 Å². The van der Waals surface area contributed by atoms with E-state index in [-0.39, 0.29) is 0 Å². The molecule has 2 rings (SSSR count). The molecule has 0 atom stereocenters. The van der Waals surface area contributed by atoms with Gasteiger partial charge >= 0.3 is 11.4 Å². The predicted molar refractivity (Wildman–Crippen MR) is 56.1 cm³/mol. The minimum absolute atomic E-state index is 0.586. The van der Waals surface area contributed by atoms with Gasteiger partial charge < -0.3 is 0 Å². The summed E-state index contributed by atoms with van der Waals surface area (Å²) in [5.41, 5.74) is 2.95. The number of nitrogens with zero attached hydrogens (tertiary/aromatic N) is 2. The van der Waals surface area contributed by atoms with Crippen molar-refractivity contribution in [3.63, 3.8) is 0 Å². The summed E-state index contributed by atoms with van der Waals surface area (Å²) in [5, 5.41) is 19.6. The van der Waals surface area contributed by atoms with E-state index in [2.05, 4.69) is 0 Å². The van der Waals surface area contributed by atoms with E-state index in [1.807, 2.05) is 26.0 Å². The molecule has 0 aliphatic carbocycles. The molecule has 4 heteroatoms. The van der Waals surface area contributed by atoms with Crippen LogP contribution in [0, 0.1) is 13.8 Å². The molecule has 0 unspecified atom stereocenters. The minimum Gasteiger partial charge on any atom is -0.284 e. The zero-order chi connectivity index (χ0) is 11.7. The van der Waals surface area contributed by atoms with E-state index < -0.39 is 0 Å². The van der Waals surface area contributed by atoms with Crippen LogP contribution in [-0.2, 0) is 0 Å². The topological polar surface area (TPSA) is 48.2 Å². The lowest BCUT2D eigenvalue weighted by Gasteiger charge is -1.99. The molecule has 0 fully saturated rings. The zero-order valence-corrected chi connectivity index (χ0v) is 9.25. The van der Waals surface area contributed by atoms with E-state index in [1.165, 1.54) is 12.4 Å². The van der Waals surface area contributed by atoms with Gasteiger partial charge in [0, 0.05) is 32.7 Å². The van der Waals surface area contributed by atoms with Gasteiger partial charge in [-0.05, 0) is 26.0 Å². The van der Waals surface area contributed by atoms with Crippen molar-refractivity contribution in [2.24, 2.45) is 0 Å². The molecule has 0 aliphatic rings. The van der Waals surface area contributed by atoms with E-state index in [0.29, 0.717) is 11.4 Å². The quantitative estimate of drug-likeness (QED) is 0.554. The van der Waals surface area contributed by atoms with E-state index in [9.17, 15) is 10.4 Å². The highest BCUT2D eigenvalue weighted by Crippen LogP contribution is 2.18. The first kappa shape index (κ1) is 10.4. The van der Waals surface area contributed by atoms with E-state index in [4.69, 9.17) is 0 Å². The van der Waals surface area contributed by atoms with Crippen molar-refractivity contribution < 1.29 is 19.9 Å². The second kappa shape index (κ2) is 3.81. The Morgan fingerprint density at radius 3 is 1.50 bits per heavy atom. The molecule has 0 saturated carbocycles. The van der Waals surface area contributed by atoms with Crippen LogP contribution in [0.25, 0.3) is 11.4 Å². The highest BCUT2D eigenvalue weighted by molar-refractivity contribution is 5.55. The average Bonchev–Trinajstić information content (AvgIpc) is 2.21. The van der Waals surface area contributed by atoms with Crippen molar-refractivity contribution in [3.8, 4) is 11.4 Å². The number of rotatable bonds is 1. The van der Waals surface area contributed by atoms with Gasteiger partial charge in [0.05, 0.1) is 0 Å². The van der Waals surface area contributed by atoms with Gasteiger partial charge in [0.1, 0.15) is 0 Å². The lowest BCUT2D eigenvalue weighted by Crippen LogP contribution is -2.41. The molecule has 4 nitrogen and oxygen atoms in total. The van der Waals surface area contributed by atoms with Crippen LogP contribution in [0.1, 0.15) is 11.1 Å². The Balaban J connectivity index is 2.77. The van der Waals surface area contributed by atoms with Crippen LogP contribution >= 0.6 is 0 Å². The van der Waals surface area contributed by atoms with E-state index in [0.717, 1.165) is 20.6 Å². The Hall–Kier alpha value is -2.10. The van der Waals surface area contributed by atoms with Crippen molar-refractivity contribution >= 4 is 0 Å². The van der Waals surface area contributed by atoms with Crippen LogP contribution in [0.4, 0.5) is 0 Å². The number of pyridine rings is 2. The fourth-order valence-electron chi connectivity index (χ4n) is 1.80. The first-order valence-electron chi connectivity index (χ1n) is 5.02. The van der Waals surface area contributed by atoms with Crippen LogP contribution in [0.5, 0.6) is 0 Å². The summed E-state index contributed by atoms with van der Waals surface area (Å²) in [4.78, 5) is 0. The molecule has 82 valence electrons. The van der Waals surface area contributed by atoms with Gasteiger partial charge in [0.15, 0.2) is 0 Å². The van der Waals surface area contributed by atoms with Crippen LogP contribution in [0.2, 0.25) is 0 Å². The Bertz CT molecular complexity index is 449. The molecule has 0 aliphatic heterocycles. The van der Waals surface area contributed by atoms with Crippen LogP contribution in [0.15, 0.2) is 36.7 Å². The third kappa shape index (κ3) is 1.58. The predicted octanol–water partition coefficient (Wildman–Crippen LogP) is 1.02. The molecule has 0 aromatic carbocycles. The van der Waals surface area contributed by atoms with Gasteiger partial charge in [-0.15, -0.1) is 0 Å². The monoisotopic (exact) mass is 218 g/mol. The Morgan fingerprint density at radius 2 is 1.19 bits per heavy atom. The standard InChI is InChI=1S/C12H14N2O2/c1-9-5-3-7-13(15)11(9)12-10(2)6-4-8-14(12)16/h3-8,15-16H,1-2H3/q+2. The number of aromatic nitrogens is 2. The third-order valence-electron chi connectivity index (χ3n) is 2.58. The molecule has 2 aromatic heterocycles. The highest BCUT2D eigenvalue weighted by atomic mass is 16.5.